The summed E-state index contributed by atoms with van der Waals surface area (Å²) in [5, 5.41) is 2.79. The van der Waals surface area contributed by atoms with Gasteiger partial charge in [0.25, 0.3) is 5.91 Å². The summed E-state index contributed by atoms with van der Waals surface area (Å²) in [5.41, 5.74) is -0.227. The van der Waals surface area contributed by atoms with Crippen LogP contribution in [0.15, 0.2) is 52.2 Å². The third-order valence-corrected chi connectivity index (χ3v) is 6.54. The summed E-state index contributed by atoms with van der Waals surface area (Å²) in [7, 11) is -3.70. The lowest BCUT2D eigenvalue weighted by atomic mass is 10.1. The molecule has 1 aromatic heterocycles. The van der Waals surface area contributed by atoms with Gasteiger partial charge in [0, 0.05) is 18.7 Å². The van der Waals surface area contributed by atoms with Gasteiger partial charge in [0.05, 0.1) is 6.04 Å². The molecule has 0 radical (unpaired) electrons. The number of amides is 1. The van der Waals surface area contributed by atoms with Gasteiger partial charge in [-0.3, -0.25) is 9.59 Å². The van der Waals surface area contributed by atoms with E-state index in [9.17, 15) is 18.0 Å². The van der Waals surface area contributed by atoms with Gasteiger partial charge in [0.1, 0.15) is 22.9 Å². The SMILES string of the molecule is O=C(N[C@H]1C[C@H]2COc3ccccc3S(=O)(=O)N2C1)c1cccc(=O)[nH]1. The number of benzene rings is 1. The van der Waals surface area contributed by atoms with E-state index in [-0.39, 0.29) is 41.4 Å². The van der Waals surface area contributed by atoms with Crippen molar-refractivity contribution < 1.29 is 17.9 Å². The number of para-hydroxylation sites is 1. The lowest BCUT2D eigenvalue weighted by molar-refractivity contribution is 0.0933. The molecule has 0 unspecified atom stereocenters. The molecule has 2 aliphatic rings. The Morgan fingerprint density at radius 3 is 2.81 bits per heavy atom. The van der Waals surface area contributed by atoms with Crippen LogP contribution in [0, 0.1) is 0 Å². The molecule has 4 rings (SSSR count). The Kier molecular flexibility index (Phi) is 4.04. The van der Waals surface area contributed by atoms with Gasteiger partial charge in [0.2, 0.25) is 15.6 Å². The summed E-state index contributed by atoms with van der Waals surface area (Å²) in [6.07, 6.45) is 0.441. The van der Waals surface area contributed by atoms with E-state index in [0.717, 1.165) is 0 Å². The first-order chi connectivity index (χ1) is 12.4. The maximum Gasteiger partial charge on any atom is 0.268 e. The minimum atomic E-state index is -3.70. The quantitative estimate of drug-likeness (QED) is 0.786. The average molecular weight is 375 g/mol. The molecule has 1 amide bonds. The Hall–Kier alpha value is -2.65. The molecule has 9 heteroatoms. The zero-order valence-corrected chi connectivity index (χ0v) is 14.5. The van der Waals surface area contributed by atoms with Gasteiger partial charge >= 0.3 is 0 Å². The summed E-state index contributed by atoms with van der Waals surface area (Å²) in [6.45, 7) is 0.387. The number of H-pyrrole nitrogens is 1. The number of carbonyl (C=O) groups excluding carboxylic acids is 1. The van der Waals surface area contributed by atoms with Crippen LogP contribution in [0.25, 0.3) is 0 Å². The zero-order chi connectivity index (χ0) is 18.3. The Labute approximate surface area is 149 Å². The molecular formula is C17H17N3O5S. The van der Waals surface area contributed by atoms with Gasteiger partial charge in [-0.2, -0.15) is 4.31 Å². The zero-order valence-electron chi connectivity index (χ0n) is 13.7. The number of aromatic amines is 1. The number of rotatable bonds is 2. The average Bonchev–Trinajstić information content (AvgIpc) is 2.99. The smallest absolute Gasteiger partial charge is 0.268 e. The minimum absolute atomic E-state index is 0.141. The van der Waals surface area contributed by atoms with Crippen molar-refractivity contribution >= 4 is 15.9 Å². The highest BCUT2D eigenvalue weighted by atomic mass is 32.2. The highest BCUT2D eigenvalue weighted by Gasteiger charge is 2.44. The summed E-state index contributed by atoms with van der Waals surface area (Å²) < 4.78 is 32.9. The van der Waals surface area contributed by atoms with Crippen molar-refractivity contribution in [3.63, 3.8) is 0 Å². The number of sulfonamides is 1. The van der Waals surface area contributed by atoms with Crippen molar-refractivity contribution in [2.75, 3.05) is 13.2 Å². The number of aromatic nitrogens is 1. The molecule has 3 heterocycles. The molecule has 0 bridgehead atoms. The summed E-state index contributed by atoms with van der Waals surface area (Å²) in [6, 6.07) is 10.1. The van der Waals surface area contributed by atoms with E-state index in [2.05, 4.69) is 10.3 Å². The van der Waals surface area contributed by atoms with Crippen LogP contribution < -0.4 is 15.6 Å². The predicted octanol–water partition coefficient (Wildman–Crippen LogP) is 0.329. The van der Waals surface area contributed by atoms with Crippen LogP contribution in [-0.4, -0.2) is 48.8 Å². The first-order valence-corrected chi connectivity index (χ1v) is 9.63. The fraction of sp³-hybridized carbons (Fsp3) is 0.294. The van der Waals surface area contributed by atoms with E-state index >= 15 is 0 Å². The van der Waals surface area contributed by atoms with Crippen molar-refractivity contribution in [3.8, 4) is 5.75 Å². The van der Waals surface area contributed by atoms with E-state index in [1.165, 1.54) is 28.6 Å². The number of hydrogen-bond donors (Lipinski definition) is 2. The lowest BCUT2D eigenvalue weighted by Gasteiger charge is -2.19. The van der Waals surface area contributed by atoms with Gasteiger partial charge in [-0.15, -0.1) is 0 Å². The maximum absolute atomic E-state index is 12.9. The van der Waals surface area contributed by atoms with Gasteiger partial charge in [-0.05, 0) is 24.6 Å². The van der Waals surface area contributed by atoms with Crippen LogP contribution in [0.4, 0.5) is 0 Å². The summed E-state index contributed by atoms with van der Waals surface area (Å²) in [5.74, 6) is -0.0894. The fourth-order valence-electron chi connectivity index (χ4n) is 3.38. The van der Waals surface area contributed by atoms with E-state index in [0.29, 0.717) is 12.2 Å². The Bertz CT molecular complexity index is 1020. The summed E-state index contributed by atoms with van der Waals surface area (Å²) in [4.78, 5) is 26.2. The van der Waals surface area contributed by atoms with Crippen molar-refractivity contribution in [3.05, 3.63) is 58.5 Å². The second-order valence-electron chi connectivity index (χ2n) is 6.32. The maximum atomic E-state index is 12.9. The van der Waals surface area contributed by atoms with Crippen molar-refractivity contribution in [2.24, 2.45) is 0 Å². The van der Waals surface area contributed by atoms with Crippen molar-refractivity contribution in [1.82, 2.24) is 14.6 Å². The molecule has 2 N–H and O–H groups in total. The number of fused-ring (bicyclic) bond motifs is 2. The third-order valence-electron chi connectivity index (χ3n) is 4.58. The highest BCUT2D eigenvalue weighted by Crippen LogP contribution is 2.35. The molecule has 0 aliphatic carbocycles. The van der Waals surface area contributed by atoms with E-state index in [1.54, 1.807) is 18.2 Å². The fourth-order valence-corrected chi connectivity index (χ4v) is 5.18. The molecule has 8 nitrogen and oxygen atoms in total. The first kappa shape index (κ1) is 16.8. The number of carbonyl (C=O) groups is 1. The molecule has 136 valence electrons. The van der Waals surface area contributed by atoms with Crippen LogP contribution in [0.5, 0.6) is 5.75 Å². The molecule has 2 atom stereocenters. The molecular weight excluding hydrogens is 358 g/mol. The van der Waals surface area contributed by atoms with E-state index in [1.807, 2.05) is 0 Å². The number of nitrogens with zero attached hydrogens (tertiary/aromatic N) is 1. The largest absolute Gasteiger partial charge is 0.490 e. The second kappa shape index (κ2) is 6.26. The van der Waals surface area contributed by atoms with Crippen molar-refractivity contribution in [1.29, 1.82) is 0 Å². The Balaban J connectivity index is 1.55. The molecule has 0 spiro atoms. The van der Waals surface area contributed by atoms with Crippen LogP contribution in [0.2, 0.25) is 0 Å². The highest BCUT2D eigenvalue weighted by molar-refractivity contribution is 7.89. The van der Waals surface area contributed by atoms with E-state index < -0.39 is 15.9 Å². The lowest BCUT2D eigenvalue weighted by Crippen LogP contribution is -2.40. The summed E-state index contributed by atoms with van der Waals surface area (Å²) >= 11 is 0. The second-order valence-corrected chi connectivity index (χ2v) is 8.18. The van der Waals surface area contributed by atoms with E-state index in [4.69, 9.17) is 4.74 Å². The Morgan fingerprint density at radius 1 is 1.19 bits per heavy atom. The number of hydrogen-bond acceptors (Lipinski definition) is 5. The Morgan fingerprint density at radius 2 is 2.00 bits per heavy atom. The minimum Gasteiger partial charge on any atom is -0.490 e. The van der Waals surface area contributed by atoms with Gasteiger partial charge in [-0.1, -0.05) is 18.2 Å². The molecule has 26 heavy (non-hydrogen) atoms. The standard InChI is InChI=1S/C17H17N3O5S/c21-16-7-3-4-13(19-16)17(22)18-11-8-12-10-25-14-5-1-2-6-15(14)26(23,24)20(12)9-11/h1-7,11-12H,8-10H2,(H,18,22)(H,19,21)/t11-,12-/m0/s1. The third kappa shape index (κ3) is 2.89. The normalized spacial score (nSPS) is 24.0. The van der Waals surface area contributed by atoms with Gasteiger partial charge in [-0.25, -0.2) is 8.42 Å². The molecule has 1 fully saturated rings. The number of pyridine rings is 1. The first-order valence-electron chi connectivity index (χ1n) is 8.19. The van der Waals surface area contributed by atoms with Crippen molar-refractivity contribution in [2.45, 2.75) is 23.4 Å². The van der Waals surface area contributed by atoms with Crippen LogP contribution in [-0.2, 0) is 10.0 Å². The molecule has 1 saturated heterocycles. The molecule has 1 aromatic carbocycles. The number of ether oxygens (including phenoxy) is 1. The molecule has 0 saturated carbocycles. The van der Waals surface area contributed by atoms with Crippen LogP contribution in [0.1, 0.15) is 16.9 Å². The van der Waals surface area contributed by atoms with Gasteiger partial charge < -0.3 is 15.0 Å². The molecule has 2 aromatic rings. The number of nitrogens with one attached hydrogen (secondary N) is 2. The predicted molar refractivity (Wildman–Crippen MR) is 92.6 cm³/mol. The van der Waals surface area contributed by atoms with Crippen LogP contribution in [0.3, 0.4) is 0 Å². The monoisotopic (exact) mass is 375 g/mol. The van der Waals surface area contributed by atoms with Gasteiger partial charge in [0.15, 0.2) is 0 Å². The molecule has 2 aliphatic heterocycles. The topological polar surface area (TPSA) is 109 Å². The van der Waals surface area contributed by atoms with Crippen LogP contribution >= 0.6 is 0 Å².